The second kappa shape index (κ2) is 8.63. The summed E-state index contributed by atoms with van der Waals surface area (Å²) in [6.07, 6.45) is 4.51. The molecule has 2 heterocycles. The minimum Gasteiger partial charge on any atom is -0.497 e. The summed E-state index contributed by atoms with van der Waals surface area (Å²) in [5, 5.41) is 0. The molecule has 0 bridgehead atoms. The Bertz CT molecular complexity index is 661. The average molecular weight is 374 g/mol. The molecule has 0 N–H and O–H groups in total. The Morgan fingerprint density at radius 3 is 2.26 bits per heavy atom. The third-order valence-electron chi connectivity index (χ3n) is 5.87. The van der Waals surface area contributed by atoms with Crippen molar-refractivity contribution in [3.63, 3.8) is 0 Å². The number of rotatable bonds is 6. The minimum absolute atomic E-state index is 0.0805. The molecule has 0 saturated carbocycles. The molecule has 6 nitrogen and oxygen atoms in total. The van der Waals surface area contributed by atoms with Gasteiger partial charge in [-0.1, -0.05) is 0 Å². The molecule has 148 valence electrons. The summed E-state index contributed by atoms with van der Waals surface area (Å²) in [5.74, 6) is 2.35. The summed E-state index contributed by atoms with van der Waals surface area (Å²) in [6.45, 7) is 2.17. The van der Waals surface area contributed by atoms with Gasteiger partial charge in [0.15, 0.2) is 0 Å². The van der Waals surface area contributed by atoms with Gasteiger partial charge in [-0.25, -0.2) is 0 Å². The van der Waals surface area contributed by atoms with Crippen molar-refractivity contribution < 1.29 is 19.1 Å². The highest BCUT2D eigenvalue weighted by Crippen LogP contribution is 2.28. The van der Waals surface area contributed by atoms with Crippen LogP contribution >= 0.6 is 0 Å². The van der Waals surface area contributed by atoms with Crippen LogP contribution in [0.15, 0.2) is 18.2 Å². The van der Waals surface area contributed by atoms with E-state index >= 15 is 0 Å². The Morgan fingerprint density at radius 1 is 1.11 bits per heavy atom. The molecule has 2 fully saturated rings. The lowest BCUT2D eigenvalue weighted by atomic mass is 9.90. The number of hydrogen-bond donors (Lipinski definition) is 0. The fourth-order valence-electron chi connectivity index (χ4n) is 4.11. The molecular formula is C21H30N2O4. The van der Waals surface area contributed by atoms with Crippen molar-refractivity contribution in [2.75, 3.05) is 40.9 Å². The van der Waals surface area contributed by atoms with E-state index in [9.17, 15) is 9.59 Å². The Labute approximate surface area is 161 Å². The van der Waals surface area contributed by atoms with Gasteiger partial charge in [-0.05, 0) is 49.3 Å². The van der Waals surface area contributed by atoms with Crippen LogP contribution in [0.25, 0.3) is 0 Å². The second-order valence-electron chi connectivity index (χ2n) is 7.70. The van der Waals surface area contributed by atoms with Crippen LogP contribution < -0.4 is 9.47 Å². The van der Waals surface area contributed by atoms with Crippen LogP contribution in [-0.2, 0) is 16.0 Å². The molecular weight excluding hydrogens is 344 g/mol. The van der Waals surface area contributed by atoms with E-state index in [2.05, 4.69) is 12.1 Å². The van der Waals surface area contributed by atoms with Crippen LogP contribution in [0.5, 0.6) is 11.5 Å². The number of aryl methyl sites for hydroxylation is 1. The molecule has 6 heteroatoms. The summed E-state index contributed by atoms with van der Waals surface area (Å²) in [4.78, 5) is 27.9. The Hall–Kier alpha value is -2.24. The number of ether oxygens (including phenoxy) is 2. The first-order valence-electron chi connectivity index (χ1n) is 9.75. The van der Waals surface area contributed by atoms with Crippen LogP contribution in [0, 0.1) is 11.8 Å². The van der Waals surface area contributed by atoms with Gasteiger partial charge in [-0.15, -0.1) is 0 Å². The number of piperidine rings is 1. The van der Waals surface area contributed by atoms with Gasteiger partial charge in [0.05, 0.1) is 20.1 Å². The van der Waals surface area contributed by atoms with Gasteiger partial charge in [0.2, 0.25) is 11.8 Å². The normalized spacial score (nSPS) is 20.9. The van der Waals surface area contributed by atoms with Crippen molar-refractivity contribution in [1.29, 1.82) is 0 Å². The zero-order chi connectivity index (χ0) is 19.4. The fraction of sp³-hybridized carbons (Fsp3) is 0.619. The minimum atomic E-state index is -0.150. The Morgan fingerprint density at radius 2 is 1.74 bits per heavy atom. The van der Waals surface area contributed by atoms with Gasteiger partial charge in [-0.3, -0.25) is 9.59 Å². The lowest BCUT2D eigenvalue weighted by Gasteiger charge is -2.33. The summed E-state index contributed by atoms with van der Waals surface area (Å²) >= 11 is 0. The molecule has 1 aromatic rings. The molecule has 0 spiro atoms. The summed E-state index contributed by atoms with van der Waals surface area (Å²) in [6, 6.07) is 6.02. The zero-order valence-electron chi connectivity index (χ0n) is 16.6. The Kier molecular flexibility index (Phi) is 6.24. The SMILES string of the molecule is COc1cc(CCC2CCN(C(=O)C3CC(=O)N(C)C3)CC2)cc(OC)c1. The molecule has 1 atom stereocenters. The van der Waals surface area contributed by atoms with Crippen LogP contribution in [0.1, 0.15) is 31.2 Å². The van der Waals surface area contributed by atoms with Crippen molar-refractivity contribution in [3.05, 3.63) is 23.8 Å². The third-order valence-corrected chi connectivity index (χ3v) is 5.87. The van der Waals surface area contributed by atoms with Crippen molar-refractivity contribution in [1.82, 2.24) is 9.80 Å². The van der Waals surface area contributed by atoms with Gasteiger partial charge >= 0.3 is 0 Å². The number of nitrogens with zero attached hydrogens (tertiary/aromatic N) is 2. The first-order chi connectivity index (χ1) is 13.0. The van der Waals surface area contributed by atoms with E-state index in [0.29, 0.717) is 18.9 Å². The zero-order valence-corrected chi connectivity index (χ0v) is 16.6. The molecule has 2 amide bonds. The number of hydrogen-bond acceptors (Lipinski definition) is 4. The maximum atomic E-state index is 12.6. The maximum Gasteiger partial charge on any atom is 0.227 e. The predicted octanol–water partition coefficient (Wildman–Crippen LogP) is 2.35. The van der Waals surface area contributed by atoms with Crippen molar-refractivity contribution >= 4 is 11.8 Å². The largest absolute Gasteiger partial charge is 0.497 e. The van der Waals surface area contributed by atoms with E-state index in [-0.39, 0.29) is 17.7 Å². The van der Waals surface area contributed by atoms with Gasteiger partial charge in [0, 0.05) is 39.2 Å². The molecule has 0 radical (unpaired) electrons. The second-order valence-corrected chi connectivity index (χ2v) is 7.70. The number of carbonyl (C=O) groups is 2. The first kappa shape index (κ1) is 19.5. The number of likely N-dealkylation sites (tertiary alicyclic amines) is 2. The van der Waals surface area contributed by atoms with E-state index in [4.69, 9.17) is 9.47 Å². The summed E-state index contributed by atoms with van der Waals surface area (Å²) in [5.41, 5.74) is 1.22. The van der Waals surface area contributed by atoms with Crippen molar-refractivity contribution in [2.24, 2.45) is 11.8 Å². The molecule has 1 aromatic carbocycles. The highest BCUT2D eigenvalue weighted by atomic mass is 16.5. The maximum absolute atomic E-state index is 12.6. The number of benzene rings is 1. The number of carbonyl (C=O) groups excluding carboxylic acids is 2. The first-order valence-corrected chi connectivity index (χ1v) is 9.75. The molecule has 0 aromatic heterocycles. The van der Waals surface area contributed by atoms with Gasteiger partial charge in [0.1, 0.15) is 11.5 Å². The number of amides is 2. The Balaban J connectivity index is 1.47. The van der Waals surface area contributed by atoms with E-state index in [0.717, 1.165) is 50.3 Å². The van der Waals surface area contributed by atoms with Crippen LogP contribution in [0.3, 0.4) is 0 Å². The van der Waals surface area contributed by atoms with Crippen LogP contribution in [0.2, 0.25) is 0 Å². The molecule has 2 saturated heterocycles. The topological polar surface area (TPSA) is 59.1 Å². The van der Waals surface area contributed by atoms with E-state index in [1.807, 2.05) is 11.0 Å². The third kappa shape index (κ3) is 4.73. The van der Waals surface area contributed by atoms with Crippen molar-refractivity contribution in [3.8, 4) is 11.5 Å². The van der Waals surface area contributed by atoms with E-state index in [1.54, 1.807) is 26.2 Å². The smallest absolute Gasteiger partial charge is 0.227 e. The molecule has 27 heavy (non-hydrogen) atoms. The molecule has 1 unspecified atom stereocenters. The standard InChI is InChI=1S/C21H30N2O4/c1-22-14-17(12-20(22)24)21(25)23-8-6-15(7-9-23)4-5-16-10-18(26-2)13-19(11-16)27-3/h10-11,13,15,17H,4-9,12,14H2,1-3H3. The van der Waals surface area contributed by atoms with E-state index < -0.39 is 0 Å². The lowest BCUT2D eigenvalue weighted by Crippen LogP contribution is -2.42. The fourth-order valence-corrected chi connectivity index (χ4v) is 4.11. The molecule has 3 rings (SSSR count). The highest BCUT2D eigenvalue weighted by molar-refractivity contribution is 5.89. The van der Waals surface area contributed by atoms with Gasteiger partial charge < -0.3 is 19.3 Å². The van der Waals surface area contributed by atoms with Crippen molar-refractivity contribution in [2.45, 2.75) is 32.1 Å². The van der Waals surface area contributed by atoms with Gasteiger partial charge in [-0.2, -0.15) is 0 Å². The summed E-state index contributed by atoms with van der Waals surface area (Å²) < 4.78 is 10.7. The molecule has 0 aliphatic carbocycles. The molecule has 2 aliphatic rings. The van der Waals surface area contributed by atoms with Crippen LogP contribution in [0.4, 0.5) is 0 Å². The quantitative estimate of drug-likeness (QED) is 0.767. The highest BCUT2D eigenvalue weighted by Gasteiger charge is 2.35. The predicted molar refractivity (Wildman–Crippen MR) is 103 cm³/mol. The number of methoxy groups -OCH3 is 2. The monoisotopic (exact) mass is 374 g/mol. The molecule has 2 aliphatic heterocycles. The van der Waals surface area contributed by atoms with Gasteiger partial charge in [0.25, 0.3) is 0 Å². The lowest BCUT2D eigenvalue weighted by molar-refractivity contribution is -0.137. The van der Waals surface area contributed by atoms with E-state index in [1.165, 1.54) is 5.56 Å². The average Bonchev–Trinajstić information content (AvgIpc) is 3.04. The van der Waals surface area contributed by atoms with Crippen LogP contribution in [-0.4, -0.2) is 62.5 Å². The summed E-state index contributed by atoms with van der Waals surface area (Å²) in [7, 11) is 5.11.